The van der Waals surface area contributed by atoms with Crippen LogP contribution in [0.5, 0.6) is 0 Å². The Morgan fingerprint density at radius 3 is 2.44 bits per heavy atom. The lowest BCUT2D eigenvalue weighted by molar-refractivity contribution is -0.140. The van der Waals surface area contributed by atoms with Crippen LogP contribution in [0.1, 0.15) is 44.9 Å². The molecule has 0 radical (unpaired) electrons. The molecule has 18 heavy (non-hydrogen) atoms. The Kier molecular flexibility index (Phi) is 3.69. The molecule has 2 saturated heterocycles. The van der Waals surface area contributed by atoms with Gasteiger partial charge in [-0.25, -0.2) is 0 Å². The number of amides is 1. The number of hydrogen-bond acceptors (Lipinski definition) is 2. The molecule has 0 aromatic carbocycles. The van der Waals surface area contributed by atoms with Gasteiger partial charge in [0, 0.05) is 23.3 Å². The standard InChI is InChI=1S/C15H23NOS/c1-18-14-9-12-7-8-13(10-14)16(12)15(17)11-5-3-2-4-6-11/h2-3,11-14H,4-10H2,1H3. The van der Waals surface area contributed by atoms with Gasteiger partial charge in [0.05, 0.1) is 0 Å². The van der Waals surface area contributed by atoms with E-state index in [0.29, 0.717) is 18.0 Å². The minimum absolute atomic E-state index is 0.281. The Hall–Kier alpha value is -0.440. The number of nitrogens with zero attached hydrogens (tertiary/aromatic N) is 1. The van der Waals surface area contributed by atoms with Crippen LogP contribution in [-0.2, 0) is 4.79 Å². The van der Waals surface area contributed by atoms with Crippen LogP contribution in [0.25, 0.3) is 0 Å². The van der Waals surface area contributed by atoms with Gasteiger partial charge in [-0.1, -0.05) is 12.2 Å². The van der Waals surface area contributed by atoms with Crippen LogP contribution in [0.15, 0.2) is 12.2 Å². The summed E-state index contributed by atoms with van der Waals surface area (Å²) in [6, 6.07) is 1.11. The van der Waals surface area contributed by atoms with E-state index >= 15 is 0 Å². The Balaban J connectivity index is 1.69. The van der Waals surface area contributed by atoms with Gasteiger partial charge in [0.1, 0.15) is 0 Å². The number of piperidine rings is 1. The van der Waals surface area contributed by atoms with E-state index in [1.54, 1.807) is 0 Å². The molecule has 0 aromatic rings. The second kappa shape index (κ2) is 5.28. The van der Waals surface area contributed by atoms with Crippen LogP contribution in [0.4, 0.5) is 0 Å². The van der Waals surface area contributed by atoms with Crippen LogP contribution in [0.3, 0.4) is 0 Å². The SMILES string of the molecule is CSC1CC2CCC(C1)N2C(=O)C1CC=CCC1. The summed E-state index contributed by atoms with van der Waals surface area (Å²) in [5.74, 6) is 0.746. The van der Waals surface area contributed by atoms with Crippen molar-refractivity contribution in [1.29, 1.82) is 0 Å². The van der Waals surface area contributed by atoms with Gasteiger partial charge >= 0.3 is 0 Å². The van der Waals surface area contributed by atoms with Gasteiger partial charge in [-0.2, -0.15) is 11.8 Å². The third-order valence-electron chi connectivity index (χ3n) is 4.90. The van der Waals surface area contributed by atoms with Gasteiger partial charge in [-0.15, -0.1) is 0 Å². The highest BCUT2D eigenvalue weighted by Crippen LogP contribution is 2.41. The molecule has 1 amide bonds. The van der Waals surface area contributed by atoms with Crippen molar-refractivity contribution in [3.05, 3.63) is 12.2 Å². The van der Waals surface area contributed by atoms with Crippen molar-refractivity contribution >= 4 is 17.7 Å². The Bertz CT molecular complexity index is 340. The first-order valence-electron chi connectivity index (χ1n) is 7.29. The molecule has 100 valence electrons. The summed E-state index contributed by atoms with van der Waals surface area (Å²) in [6.45, 7) is 0. The van der Waals surface area contributed by atoms with Gasteiger partial charge in [0.2, 0.25) is 5.91 Å². The number of rotatable bonds is 2. The molecule has 0 aromatic heterocycles. The second-order valence-electron chi connectivity index (χ2n) is 5.94. The van der Waals surface area contributed by atoms with Crippen molar-refractivity contribution in [2.24, 2.45) is 5.92 Å². The minimum atomic E-state index is 0.281. The van der Waals surface area contributed by atoms with Crippen molar-refractivity contribution in [1.82, 2.24) is 4.90 Å². The smallest absolute Gasteiger partial charge is 0.226 e. The fraction of sp³-hybridized carbons (Fsp3) is 0.800. The minimum Gasteiger partial charge on any atom is -0.336 e. The van der Waals surface area contributed by atoms with E-state index in [9.17, 15) is 4.79 Å². The molecule has 3 rings (SSSR count). The molecule has 0 N–H and O–H groups in total. The van der Waals surface area contributed by atoms with E-state index < -0.39 is 0 Å². The number of allylic oxidation sites excluding steroid dienone is 2. The van der Waals surface area contributed by atoms with Crippen molar-refractivity contribution in [3.8, 4) is 0 Å². The number of carbonyl (C=O) groups excluding carboxylic acids is 1. The van der Waals surface area contributed by atoms with Crippen LogP contribution in [0, 0.1) is 5.92 Å². The number of fused-ring (bicyclic) bond motifs is 2. The zero-order valence-electron chi connectivity index (χ0n) is 11.2. The van der Waals surface area contributed by atoms with Crippen LogP contribution >= 0.6 is 11.8 Å². The zero-order valence-corrected chi connectivity index (χ0v) is 12.0. The van der Waals surface area contributed by atoms with E-state index in [2.05, 4.69) is 23.3 Å². The molecule has 2 aliphatic heterocycles. The molecule has 2 fully saturated rings. The lowest BCUT2D eigenvalue weighted by atomic mass is 9.91. The van der Waals surface area contributed by atoms with Crippen LogP contribution in [-0.4, -0.2) is 34.4 Å². The van der Waals surface area contributed by atoms with Gasteiger partial charge in [0.25, 0.3) is 0 Å². The molecule has 3 heteroatoms. The highest BCUT2D eigenvalue weighted by atomic mass is 32.2. The Morgan fingerprint density at radius 2 is 1.89 bits per heavy atom. The molecule has 0 saturated carbocycles. The third-order valence-corrected chi connectivity index (χ3v) is 5.95. The molecule has 1 aliphatic carbocycles. The summed E-state index contributed by atoms with van der Waals surface area (Å²) in [7, 11) is 0. The highest BCUT2D eigenvalue weighted by Gasteiger charge is 2.44. The largest absolute Gasteiger partial charge is 0.336 e. The third kappa shape index (κ3) is 2.22. The average Bonchev–Trinajstić information content (AvgIpc) is 2.69. The van der Waals surface area contributed by atoms with Crippen molar-refractivity contribution < 1.29 is 4.79 Å². The normalized spacial score (nSPS) is 39.1. The summed E-state index contributed by atoms with van der Waals surface area (Å²) in [5.41, 5.74) is 0. The van der Waals surface area contributed by atoms with E-state index in [4.69, 9.17) is 0 Å². The number of hydrogen-bond donors (Lipinski definition) is 0. The molecule has 3 unspecified atom stereocenters. The fourth-order valence-electron chi connectivity index (χ4n) is 3.91. The zero-order chi connectivity index (χ0) is 12.5. The lowest BCUT2D eigenvalue weighted by Gasteiger charge is -2.40. The number of thioether (sulfide) groups is 1. The summed E-state index contributed by atoms with van der Waals surface area (Å²) in [4.78, 5) is 15.0. The first-order chi connectivity index (χ1) is 8.79. The molecule has 3 atom stereocenters. The molecule has 0 spiro atoms. The molecule has 2 bridgehead atoms. The van der Waals surface area contributed by atoms with Gasteiger partial charge in [0.15, 0.2) is 0 Å². The Morgan fingerprint density at radius 1 is 1.17 bits per heavy atom. The number of carbonyl (C=O) groups is 1. The van der Waals surface area contributed by atoms with E-state index in [-0.39, 0.29) is 5.92 Å². The molecule has 2 heterocycles. The molecular formula is C15H23NOS. The maximum atomic E-state index is 12.7. The van der Waals surface area contributed by atoms with E-state index in [0.717, 1.165) is 24.5 Å². The Labute approximate surface area is 114 Å². The van der Waals surface area contributed by atoms with Gasteiger partial charge in [-0.05, 0) is 51.2 Å². The predicted molar refractivity (Wildman–Crippen MR) is 76.7 cm³/mol. The summed E-state index contributed by atoms with van der Waals surface area (Å²) < 4.78 is 0. The highest BCUT2D eigenvalue weighted by molar-refractivity contribution is 7.99. The average molecular weight is 265 g/mol. The van der Waals surface area contributed by atoms with Crippen molar-refractivity contribution in [3.63, 3.8) is 0 Å². The maximum absolute atomic E-state index is 12.7. The predicted octanol–water partition coefficient (Wildman–Crippen LogP) is 3.23. The van der Waals surface area contributed by atoms with E-state index in [1.807, 2.05) is 11.8 Å². The van der Waals surface area contributed by atoms with Crippen LogP contribution < -0.4 is 0 Å². The summed E-state index contributed by atoms with van der Waals surface area (Å²) in [5, 5.41) is 0.790. The lowest BCUT2D eigenvalue weighted by Crippen LogP contribution is -2.49. The molecule has 3 aliphatic rings. The van der Waals surface area contributed by atoms with Crippen molar-refractivity contribution in [2.45, 2.75) is 62.3 Å². The van der Waals surface area contributed by atoms with Crippen LogP contribution in [0.2, 0.25) is 0 Å². The van der Waals surface area contributed by atoms with Crippen molar-refractivity contribution in [2.75, 3.05) is 6.26 Å². The summed E-state index contributed by atoms with van der Waals surface area (Å²) in [6.07, 6.45) is 14.7. The second-order valence-corrected chi connectivity index (χ2v) is 7.08. The summed E-state index contributed by atoms with van der Waals surface area (Å²) >= 11 is 1.99. The van der Waals surface area contributed by atoms with E-state index in [1.165, 1.54) is 25.7 Å². The molecular weight excluding hydrogens is 242 g/mol. The maximum Gasteiger partial charge on any atom is 0.226 e. The van der Waals surface area contributed by atoms with Gasteiger partial charge in [-0.3, -0.25) is 4.79 Å². The topological polar surface area (TPSA) is 20.3 Å². The first kappa shape index (κ1) is 12.6. The quantitative estimate of drug-likeness (QED) is 0.715. The van der Waals surface area contributed by atoms with Gasteiger partial charge < -0.3 is 4.90 Å². The monoisotopic (exact) mass is 265 g/mol. The molecule has 2 nitrogen and oxygen atoms in total. The fourth-order valence-corrected chi connectivity index (χ4v) is 4.74. The first-order valence-corrected chi connectivity index (χ1v) is 8.58.